The van der Waals surface area contributed by atoms with Gasteiger partial charge in [-0.15, -0.1) is 22.3 Å². The Hall–Kier alpha value is -11.9. The van der Waals surface area contributed by atoms with Crippen molar-refractivity contribution in [3.8, 4) is 50.8 Å². The molecule has 4 aromatic heterocycles. The molecule has 12 heteroatoms. The third-order valence-electron chi connectivity index (χ3n) is 22.3. The second-order valence-electron chi connectivity index (χ2n) is 30.3. The first-order chi connectivity index (χ1) is 51.0. The van der Waals surface area contributed by atoms with Gasteiger partial charge in [-0.1, -0.05) is 210 Å². The standard InChI is InChI=1S/C93H62B5N5OS/c1-92(2,3)56-33-40-72(65(47-56)53-20-9-7-10-21-53)102-75-49-58(100-70-29-16-13-24-61(70)62-25-14-17-30-71(62)100)35-37-68(75)98-69-38-36-59(101-74-39-32-52(51-99)44-67(74)84-85(94)86(95)87(96)88(97)90(84)101)50-76(69)103(73-41-34-57(93(4,5)6)48-66(73)54-22-11-8-12-23-54)78-46-55(45-77(102)89(78)98)60-27-19-28-64-82-79(104-91(60)64)42-43-81-83(82)63-26-15-18-31-80(63)105-81/h7-50H,1-6H3. The van der Waals surface area contributed by atoms with Crippen LogP contribution in [0.2, 0.25) is 0 Å². The van der Waals surface area contributed by atoms with Crippen molar-refractivity contribution in [2.24, 2.45) is 0 Å². The fourth-order valence-electron chi connectivity index (χ4n) is 17.3. The smallest absolute Gasteiger partial charge is 0.252 e. The molecule has 0 fully saturated rings. The molecular formula is C93H62B5N5OS. The van der Waals surface area contributed by atoms with Crippen LogP contribution in [0.4, 0.5) is 34.1 Å². The average Bonchev–Trinajstić information content (AvgIpc) is 1.22. The molecule has 0 spiro atoms. The Balaban J connectivity index is 0.963. The van der Waals surface area contributed by atoms with Gasteiger partial charge in [0.15, 0.2) is 0 Å². The molecule has 486 valence electrons. The summed E-state index contributed by atoms with van der Waals surface area (Å²) in [5, 5.41) is 18.8. The number of thiophene rings is 1. The zero-order valence-electron chi connectivity index (χ0n) is 58.8. The number of fused-ring (bicyclic) bond motifs is 17. The summed E-state index contributed by atoms with van der Waals surface area (Å²) in [5.41, 5.74) is 26.3. The van der Waals surface area contributed by atoms with E-state index in [0.717, 1.165) is 139 Å². The lowest BCUT2D eigenvalue weighted by Gasteiger charge is -2.45. The number of para-hydroxylation sites is 3. The molecule has 2 aliphatic rings. The van der Waals surface area contributed by atoms with Crippen molar-refractivity contribution in [2.75, 3.05) is 9.80 Å². The SMILES string of the molecule is [B]c1c([B])c([B])c2c(c1[B])c1cc(C#N)ccc1n2-c1ccc2c(c1)N(c1ccc(C(C)(C)C)cc1-c1ccccc1)c1cc(-c3cccc4c3oc3ccc5sc6ccccc6c5c34)cc3c1B2c1ccc(-n2c4ccccc4c4ccccc42)cc1N3c1ccc(C(C)(C)C)cc1-c1ccccc1. The summed E-state index contributed by atoms with van der Waals surface area (Å²) >= 11 is 1.82. The van der Waals surface area contributed by atoms with Gasteiger partial charge < -0.3 is 23.4 Å². The summed E-state index contributed by atoms with van der Waals surface area (Å²) in [6.07, 6.45) is 0. The van der Waals surface area contributed by atoms with Gasteiger partial charge in [0.2, 0.25) is 0 Å². The zero-order chi connectivity index (χ0) is 71.2. The van der Waals surface area contributed by atoms with Gasteiger partial charge in [-0.2, -0.15) is 5.26 Å². The highest BCUT2D eigenvalue weighted by Crippen LogP contribution is 2.53. The van der Waals surface area contributed by atoms with Crippen molar-refractivity contribution < 1.29 is 4.42 Å². The molecule has 0 N–H and O–H groups in total. The van der Waals surface area contributed by atoms with E-state index in [1.807, 2.05) is 29.5 Å². The van der Waals surface area contributed by atoms with E-state index < -0.39 is 0 Å². The molecule has 105 heavy (non-hydrogen) atoms. The van der Waals surface area contributed by atoms with Gasteiger partial charge in [0.25, 0.3) is 6.71 Å². The number of nitriles is 1. The zero-order valence-corrected chi connectivity index (χ0v) is 59.7. The number of aromatic nitrogens is 2. The Bertz CT molecular complexity index is 6790. The van der Waals surface area contributed by atoms with Crippen LogP contribution in [0.15, 0.2) is 271 Å². The molecule has 0 unspecified atom stereocenters. The summed E-state index contributed by atoms with van der Waals surface area (Å²) in [6.45, 7) is 13.4. The van der Waals surface area contributed by atoms with E-state index in [1.54, 1.807) is 0 Å². The molecule has 0 atom stereocenters. The molecule has 0 saturated carbocycles. The van der Waals surface area contributed by atoms with Gasteiger partial charge >= 0.3 is 0 Å². The highest BCUT2D eigenvalue weighted by molar-refractivity contribution is 7.26. The Morgan fingerprint density at radius 1 is 0.381 bits per heavy atom. The molecule has 2 aliphatic heterocycles. The van der Waals surface area contributed by atoms with Crippen LogP contribution in [0.5, 0.6) is 0 Å². The van der Waals surface area contributed by atoms with Crippen LogP contribution in [0.25, 0.3) is 130 Å². The lowest BCUT2D eigenvalue weighted by atomic mass is 9.33. The van der Waals surface area contributed by atoms with Gasteiger partial charge in [0, 0.05) is 103 Å². The molecule has 6 nitrogen and oxygen atoms in total. The second-order valence-corrected chi connectivity index (χ2v) is 31.4. The first-order valence-electron chi connectivity index (χ1n) is 35.8. The Morgan fingerprint density at radius 3 is 1.50 bits per heavy atom. The average molecular weight is 1350 g/mol. The van der Waals surface area contributed by atoms with Gasteiger partial charge in [-0.25, -0.2) is 0 Å². The number of anilines is 6. The molecule has 6 heterocycles. The van der Waals surface area contributed by atoms with E-state index >= 15 is 0 Å². The fraction of sp³-hybridized carbons (Fsp3) is 0.0860. The van der Waals surface area contributed by atoms with Crippen molar-refractivity contribution in [2.45, 2.75) is 52.4 Å². The molecule has 8 radical (unpaired) electrons. The highest BCUT2D eigenvalue weighted by atomic mass is 32.1. The van der Waals surface area contributed by atoms with E-state index in [1.165, 1.54) is 42.1 Å². The van der Waals surface area contributed by atoms with Crippen LogP contribution in [0.3, 0.4) is 0 Å². The van der Waals surface area contributed by atoms with Crippen molar-refractivity contribution >= 4 is 208 Å². The van der Waals surface area contributed by atoms with E-state index in [2.05, 4.69) is 315 Å². The quantitative estimate of drug-likeness (QED) is 0.149. The van der Waals surface area contributed by atoms with E-state index in [-0.39, 0.29) is 28.5 Å². The predicted molar refractivity (Wildman–Crippen MR) is 449 cm³/mol. The van der Waals surface area contributed by atoms with Crippen molar-refractivity contribution in [1.82, 2.24) is 9.13 Å². The monoisotopic (exact) mass is 1350 g/mol. The van der Waals surface area contributed by atoms with Crippen LogP contribution >= 0.6 is 11.3 Å². The Labute approximate surface area is 618 Å². The van der Waals surface area contributed by atoms with E-state index in [4.69, 9.17) is 35.8 Å². The molecule has 0 saturated heterocycles. The molecule has 0 aliphatic carbocycles. The third kappa shape index (κ3) is 9.33. The van der Waals surface area contributed by atoms with Crippen LogP contribution in [-0.4, -0.2) is 47.2 Å². The number of rotatable bonds is 7. The highest BCUT2D eigenvalue weighted by Gasteiger charge is 2.46. The molecule has 20 rings (SSSR count). The summed E-state index contributed by atoms with van der Waals surface area (Å²) in [6, 6.07) is 100. The summed E-state index contributed by atoms with van der Waals surface area (Å²) in [5.74, 6) is 0. The van der Waals surface area contributed by atoms with Crippen molar-refractivity contribution in [3.63, 3.8) is 0 Å². The summed E-state index contributed by atoms with van der Waals surface area (Å²) in [7, 11) is 28.1. The molecule has 14 aromatic carbocycles. The molecule has 18 aromatic rings. The maximum Gasteiger partial charge on any atom is 0.252 e. The van der Waals surface area contributed by atoms with Gasteiger partial charge in [-0.3, -0.25) is 0 Å². The number of furan rings is 1. The summed E-state index contributed by atoms with van der Waals surface area (Å²) < 4.78 is 14.5. The Kier molecular flexibility index (Phi) is 13.8. The first kappa shape index (κ1) is 62.9. The minimum Gasteiger partial charge on any atom is -0.455 e. The summed E-state index contributed by atoms with van der Waals surface area (Å²) in [4.78, 5) is 5.13. The Morgan fingerprint density at radius 2 is 0.914 bits per heavy atom. The maximum atomic E-state index is 10.5. The number of hydrogen-bond donors (Lipinski definition) is 0. The van der Waals surface area contributed by atoms with Gasteiger partial charge in [0.1, 0.15) is 42.6 Å². The minimum absolute atomic E-state index is 0.180. The van der Waals surface area contributed by atoms with Crippen molar-refractivity contribution in [1.29, 1.82) is 5.26 Å². The predicted octanol–water partition coefficient (Wildman–Crippen LogP) is 18.9. The number of hydrogen-bond acceptors (Lipinski definition) is 5. The lowest BCUT2D eigenvalue weighted by Crippen LogP contribution is -2.61. The minimum atomic E-state index is -0.361. The second kappa shape index (κ2) is 23.1. The molecular weight excluding hydrogens is 1290 g/mol. The van der Waals surface area contributed by atoms with Crippen LogP contribution < -0.4 is 48.0 Å². The maximum absolute atomic E-state index is 10.5. The normalized spacial score (nSPS) is 12.9. The number of nitrogens with zero attached hydrogens (tertiary/aromatic N) is 5. The van der Waals surface area contributed by atoms with Crippen LogP contribution in [0.1, 0.15) is 58.2 Å². The lowest BCUT2D eigenvalue weighted by molar-refractivity contribution is 0.590. The fourth-order valence-corrected chi connectivity index (χ4v) is 18.4. The van der Waals surface area contributed by atoms with E-state index in [9.17, 15) is 5.26 Å². The third-order valence-corrected chi connectivity index (χ3v) is 23.5. The topological polar surface area (TPSA) is 53.3 Å². The number of benzene rings is 14. The van der Waals surface area contributed by atoms with Gasteiger partial charge in [0.05, 0.1) is 39.6 Å². The van der Waals surface area contributed by atoms with Crippen LogP contribution in [-0.2, 0) is 10.8 Å². The molecule has 0 amide bonds. The van der Waals surface area contributed by atoms with Gasteiger partial charge in [-0.05, 0) is 170 Å². The first-order valence-corrected chi connectivity index (χ1v) is 36.6. The van der Waals surface area contributed by atoms with E-state index in [0.29, 0.717) is 27.4 Å². The largest absolute Gasteiger partial charge is 0.455 e. The molecule has 0 bridgehead atoms. The van der Waals surface area contributed by atoms with Crippen molar-refractivity contribution in [3.05, 3.63) is 284 Å². The van der Waals surface area contributed by atoms with Crippen LogP contribution in [0, 0.1) is 11.3 Å².